The van der Waals surface area contributed by atoms with E-state index in [-0.39, 0.29) is 6.54 Å². The fourth-order valence-corrected chi connectivity index (χ4v) is 1.95. The normalized spacial score (nSPS) is 13.4. The lowest BCUT2D eigenvalue weighted by Gasteiger charge is -2.20. The zero-order valence-electron chi connectivity index (χ0n) is 10.9. The monoisotopic (exact) mass is 284 g/mol. The second-order valence-electron chi connectivity index (χ2n) is 4.59. The molecule has 0 aliphatic carbocycles. The minimum absolute atomic E-state index is 0.229. The van der Waals surface area contributed by atoms with Crippen molar-refractivity contribution >= 4 is 0 Å². The molecule has 0 amide bonds. The summed E-state index contributed by atoms with van der Waals surface area (Å²) in [6.07, 6.45) is -5.15. The van der Waals surface area contributed by atoms with Crippen LogP contribution in [0.1, 0.15) is 29.5 Å². The molecule has 1 aromatic heterocycles. The van der Waals surface area contributed by atoms with E-state index in [1.165, 1.54) is 0 Å². The van der Waals surface area contributed by atoms with Crippen molar-refractivity contribution in [2.24, 2.45) is 0 Å². The van der Waals surface area contributed by atoms with Crippen LogP contribution in [-0.2, 0) is 6.54 Å². The average Bonchev–Trinajstić information content (AvgIpc) is 2.80. The lowest BCUT2D eigenvalue weighted by molar-refractivity contribution is -0.140. The van der Waals surface area contributed by atoms with Gasteiger partial charge in [-0.25, -0.2) is 0 Å². The number of hydrogen-bond donors (Lipinski definition) is 1. The van der Waals surface area contributed by atoms with Gasteiger partial charge in [-0.2, -0.15) is 13.2 Å². The van der Waals surface area contributed by atoms with Crippen LogP contribution in [0.3, 0.4) is 0 Å². The Morgan fingerprint density at radius 1 is 1.25 bits per heavy atom. The van der Waals surface area contributed by atoms with Gasteiger partial charge in [-0.15, -0.1) is 0 Å². The van der Waals surface area contributed by atoms with E-state index >= 15 is 0 Å². The highest BCUT2D eigenvalue weighted by molar-refractivity contribution is 5.19. The highest BCUT2D eigenvalue weighted by atomic mass is 19.4. The third-order valence-electron chi connectivity index (χ3n) is 2.84. The van der Waals surface area contributed by atoms with E-state index in [1.54, 1.807) is 43.3 Å². The van der Waals surface area contributed by atoms with Crippen molar-refractivity contribution in [3.05, 3.63) is 53.4 Å². The number of benzene rings is 1. The number of halogens is 3. The summed E-state index contributed by atoms with van der Waals surface area (Å²) in [4.78, 5) is 0. The first-order valence-corrected chi connectivity index (χ1v) is 6.21. The van der Waals surface area contributed by atoms with Crippen LogP contribution in [0.5, 0.6) is 0 Å². The molecule has 1 aromatic carbocycles. The molecule has 108 valence electrons. The minimum atomic E-state index is -4.23. The molecule has 2 aromatic rings. The van der Waals surface area contributed by atoms with Crippen molar-refractivity contribution in [2.45, 2.75) is 32.1 Å². The quantitative estimate of drug-likeness (QED) is 0.908. The Morgan fingerprint density at radius 2 is 1.95 bits per heavy atom. The second-order valence-corrected chi connectivity index (χ2v) is 4.59. The third kappa shape index (κ3) is 4.38. The van der Waals surface area contributed by atoms with Crippen molar-refractivity contribution in [3.8, 4) is 0 Å². The maximum absolute atomic E-state index is 12.6. The standard InChI is InChI=1S/C14H15F3N2O/c1-10-7-12(19-20-10)9-18-13(8-14(15,16)17)11-5-3-2-4-6-11/h2-7,13,18H,8-9H2,1H3. The van der Waals surface area contributed by atoms with Crippen LogP contribution < -0.4 is 5.32 Å². The molecule has 3 nitrogen and oxygen atoms in total. The Kier molecular flexibility index (Phi) is 4.44. The summed E-state index contributed by atoms with van der Waals surface area (Å²) < 4.78 is 42.8. The number of hydrogen-bond acceptors (Lipinski definition) is 3. The summed E-state index contributed by atoms with van der Waals surface area (Å²) in [6.45, 7) is 1.97. The molecule has 1 unspecified atom stereocenters. The van der Waals surface area contributed by atoms with Crippen LogP contribution in [0.2, 0.25) is 0 Å². The van der Waals surface area contributed by atoms with E-state index in [1.807, 2.05) is 0 Å². The Labute approximate surface area is 114 Å². The zero-order chi connectivity index (χ0) is 14.6. The topological polar surface area (TPSA) is 38.1 Å². The third-order valence-corrected chi connectivity index (χ3v) is 2.84. The molecule has 0 bridgehead atoms. The summed E-state index contributed by atoms with van der Waals surface area (Å²) >= 11 is 0. The number of nitrogens with one attached hydrogen (secondary N) is 1. The molecule has 20 heavy (non-hydrogen) atoms. The molecule has 1 atom stereocenters. The Bertz CT molecular complexity index is 537. The van der Waals surface area contributed by atoms with Crippen LogP contribution in [0.25, 0.3) is 0 Å². The maximum atomic E-state index is 12.6. The van der Waals surface area contributed by atoms with Crippen LogP contribution >= 0.6 is 0 Å². The van der Waals surface area contributed by atoms with E-state index < -0.39 is 18.6 Å². The van der Waals surface area contributed by atoms with Crippen molar-refractivity contribution in [1.82, 2.24) is 10.5 Å². The van der Waals surface area contributed by atoms with Crippen molar-refractivity contribution in [3.63, 3.8) is 0 Å². The highest BCUT2D eigenvalue weighted by Crippen LogP contribution is 2.29. The average molecular weight is 284 g/mol. The molecular formula is C14H15F3N2O. The molecular weight excluding hydrogens is 269 g/mol. The molecule has 0 aliphatic heterocycles. The van der Waals surface area contributed by atoms with Gasteiger partial charge in [0.25, 0.3) is 0 Å². The molecule has 1 heterocycles. The number of aromatic nitrogens is 1. The van der Waals surface area contributed by atoms with E-state index in [4.69, 9.17) is 4.52 Å². The van der Waals surface area contributed by atoms with Gasteiger partial charge in [-0.1, -0.05) is 35.5 Å². The van der Waals surface area contributed by atoms with Gasteiger partial charge in [0.15, 0.2) is 0 Å². The van der Waals surface area contributed by atoms with Gasteiger partial charge in [0, 0.05) is 18.7 Å². The number of rotatable bonds is 5. The maximum Gasteiger partial charge on any atom is 0.390 e. The smallest absolute Gasteiger partial charge is 0.361 e. The number of alkyl halides is 3. The van der Waals surface area contributed by atoms with Gasteiger partial charge < -0.3 is 9.84 Å². The molecule has 0 saturated heterocycles. The largest absolute Gasteiger partial charge is 0.390 e. The molecule has 0 radical (unpaired) electrons. The van der Waals surface area contributed by atoms with E-state index in [0.29, 0.717) is 17.0 Å². The van der Waals surface area contributed by atoms with Crippen LogP contribution in [0.4, 0.5) is 13.2 Å². The van der Waals surface area contributed by atoms with Gasteiger partial charge in [-0.3, -0.25) is 0 Å². The summed E-state index contributed by atoms with van der Waals surface area (Å²) in [5.41, 5.74) is 1.19. The summed E-state index contributed by atoms with van der Waals surface area (Å²) in [7, 11) is 0. The molecule has 0 fully saturated rings. The summed E-state index contributed by atoms with van der Waals surface area (Å²) in [5, 5.41) is 6.64. The predicted molar refractivity (Wildman–Crippen MR) is 67.9 cm³/mol. The number of nitrogens with zero attached hydrogens (tertiary/aromatic N) is 1. The van der Waals surface area contributed by atoms with E-state index in [2.05, 4.69) is 10.5 Å². The highest BCUT2D eigenvalue weighted by Gasteiger charge is 2.32. The Morgan fingerprint density at radius 3 is 2.50 bits per heavy atom. The predicted octanol–water partition coefficient (Wildman–Crippen LogP) is 3.77. The Hall–Kier alpha value is -1.82. The zero-order valence-corrected chi connectivity index (χ0v) is 10.9. The molecule has 0 saturated carbocycles. The molecule has 2 rings (SSSR count). The first-order chi connectivity index (χ1) is 9.44. The van der Waals surface area contributed by atoms with E-state index in [0.717, 1.165) is 0 Å². The minimum Gasteiger partial charge on any atom is -0.361 e. The van der Waals surface area contributed by atoms with Crippen molar-refractivity contribution in [1.29, 1.82) is 0 Å². The molecule has 6 heteroatoms. The number of aryl methyl sites for hydroxylation is 1. The fourth-order valence-electron chi connectivity index (χ4n) is 1.95. The lowest BCUT2D eigenvalue weighted by Crippen LogP contribution is -2.26. The van der Waals surface area contributed by atoms with Crippen molar-refractivity contribution in [2.75, 3.05) is 0 Å². The second kappa shape index (κ2) is 6.09. The van der Waals surface area contributed by atoms with Gasteiger partial charge >= 0.3 is 6.18 Å². The van der Waals surface area contributed by atoms with Gasteiger partial charge in [-0.05, 0) is 12.5 Å². The van der Waals surface area contributed by atoms with Crippen LogP contribution in [0.15, 0.2) is 40.9 Å². The fraction of sp³-hybridized carbons (Fsp3) is 0.357. The van der Waals surface area contributed by atoms with Crippen LogP contribution in [-0.4, -0.2) is 11.3 Å². The van der Waals surface area contributed by atoms with Crippen LogP contribution in [0, 0.1) is 6.92 Å². The van der Waals surface area contributed by atoms with Gasteiger partial charge in [0.2, 0.25) is 0 Å². The molecule has 0 spiro atoms. The first-order valence-electron chi connectivity index (χ1n) is 6.21. The lowest BCUT2D eigenvalue weighted by atomic mass is 10.0. The Balaban J connectivity index is 2.07. The van der Waals surface area contributed by atoms with E-state index in [9.17, 15) is 13.2 Å². The van der Waals surface area contributed by atoms with Crippen molar-refractivity contribution < 1.29 is 17.7 Å². The molecule has 0 aliphatic rings. The van der Waals surface area contributed by atoms with Gasteiger partial charge in [0.05, 0.1) is 12.1 Å². The van der Waals surface area contributed by atoms with Gasteiger partial charge in [0.1, 0.15) is 5.76 Å². The SMILES string of the molecule is Cc1cc(CNC(CC(F)(F)F)c2ccccc2)no1. The molecule has 1 N–H and O–H groups in total. The first kappa shape index (κ1) is 14.6. The summed E-state index contributed by atoms with van der Waals surface area (Å²) in [5.74, 6) is 0.633. The summed E-state index contributed by atoms with van der Waals surface area (Å²) in [6, 6.07) is 9.47.